The number of rotatable bonds is 4. The van der Waals surface area contributed by atoms with Crippen molar-refractivity contribution >= 4 is 15.9 Å². The molecule has 0 spiro atoms. The van der Waals surface area contributed by atoms with Crippen molar-refractivity contribution in [3.05, 3.63) is 17.5 Å². The van der Waals surface area contributed by atoms with Crippen LogP contribution in [0, 0.1) is 11.3 Å². The molecule has 0 amide bonds. The molecule has 1 heterocycles. The quantitative estimate of drug-likeness (QED) is 0.799. The lowest BCUT2D eigenvalue weighted by Gasteiger charge is -2.15. The molecule has 0 N–H and O–H groups in total. The largest absolute Gasteiger partial charge is 0.573 e. The molecule has 1 aromatic rings. The number of halogens is 4. The van der Waals surface area contributed by atoms with Crippen molar-refractivity contribution in [3.63, 3.8) is 0 Å². The van der Waals surface area contributed by atoms with Crippen molar-refractivity contribution in [2.24, 2.45) is 0 Å². The van der Waals surface area contributed by atoms with E-state index in [4.69, 9.17) is 10.00 Å². The molecule has 1 aromatic heterocycles. The van der Waals surface area contributed by atoms with E-state index < -0.39 is 12.1 Å². The average molecular weight is 325 g/mol. The van der Waals surface area contributed by atoms with Crippen LogP contribution in [0.4, 0.5) is 13.2 Å². The van der Waals surface area contributed by atoms with Crippen LogP contribution >= 0.6 is 15.9 Å². The predicted molar refractivity (Wildman–Crippen MR) is 59.4 cm³/mol. The Morgan fingerprint density at radius 2 is 2.17 bits per heavy atom. The van der Waals surface area contributed by atoms with Gasteiger partial charge in [0.1, 0.15) is 0 Å². The molecule has 0 saturated heterocycles. The number of aromatic nitrogens is 1. The Hall–Kier alpha value is -1.49. The number of hydrogen-bond donors (Lipinski definition) is 0. The van der Waals surface area contributed by atoms with Crippen molar-refractivity contribution in [2.75, 3.05) is 7.11 Å². The molecular weight excluding hydrogens is 317 g/mol. The van der Waals surface area contributed by atoms with E-state index in [9.17, 15) is 13.2 Å². The van der Waals surface area contributed by atoms with Gasteiger partial charge in [0.2, 0.25) is 0 Å². The van der Waals surface area contributed by atoms with Gasteiger partial charge < -0.3 is 9.47 Å². The van der Waals surface area contributed by atoms with Crippen LogP contribution in [0.1, 0.15) is 11.3 Å². The van der Waals surface area contributed by atoms with Gasteiger partial charge in [-0.3, -0.25) is 4.98 Å². The van der Waals surface area contributed by atoms with Gasteiger partial charge in [0, 0.05) is 10.9 Å². The number of nitrogens with zero attached hydrogens (tertiary/aromatic N) is 2. The average Bonchev–Trinajstić information content (AvgIpc) is 2.28. The van der Waals surface area contributed by atoms with Crippen LogP contribution in [0.15, 0.2) is 6.20 Å². The first kappa shape index (κ1) is 14.6. The van der Waals surface area contributed by atoms with Crippen LogP contribution in [0.5, 0.6) is 11.5 Å². The second-order valence-electron chi connectivity index (χ2n) is 3.10. The van der Waals surface area contributed by atoms with Gasteiger partial charge in [0.05, 0.1) is 31.5 Å². The van der Waals surface area contributed by atoms with E-state index in [0.29, 0.717) is 11.0 Å². The third kappa shape index (κ3) is 3.50. The lowest BCUT2D eigenvalue weighted by Crippen LogP contribution is -2.18. The maximum atomic E-state index is 12.2. The van der Waals surface area contributed by atoms with E-state index in [0.717, 1.165) is 6.20 Å². The van der Waals surface area contributed by atoms with E-state index in [1.807, 2.05) is 6.07 Å². The zero-order chi connectivity index (χ0) is 13.8. The molecule has 0 aromatic carbocycles. The molecular formula is C10H8BrF3N2O2. The van der Waals surface area contributed by atoms with Crippen molar-refractivity contribution < 1.29 is 22.6 Å². The Morgan fingerprint density at radius 3 is 2.61 bits per heavy atom. The van der Waals surface area contributed by atoms with E-state index in [2.05, 4.69) is 25.7 Å². The Labute approximate surface area is 109 Å². The molecule has 98 valence electrons. The highest BCUT2D eigenvalue weighted by Gasteiger charge is 2.33. The molecule has 1 rings (SSSR count). The summed E-state index contributed by atoms with van der Waals surface area (Å²) >= 11 is 3.14. The first-order chi connectivity index (χ1) is 8.42. The Morgan fingerprint density at radius 1 is 1.50 bits per heavy atom. The number of nitriles is 1. The van der Waals surface area contributed by atoms with Gasteiger partial charge in [-0.2, -0.15) is 5.26 Å². The maximum absolute atomic E-state index is 12.2. The summed E-state index contributed by atoms with van der Waals surface area (Å²) in [6.07, 6.45) is -4.04. The van der Waals surface area contributed by atoms with Gasteiger partial charge in [-0.25, -0.2) is 0 Å². The molecule has 0 aliphatic carbocycles. The Kier molecular flexibility index (Phi) is 4.78. The van der Waals surface area contributed by atoms with Gasteiger partial charge >= 0.3 is 6.36 Å². The number of pyridine rings is 1. The standard InChI is InChI=1S/C10H8BrF3N2O2/c1-17-9-6(2-3-15)7(4-11)16-5-8(9)18-10(12,13)14/h5H,2,4H2,1H3. The fourth-order valence-electron chi connectivity index (χ4n) is 1.35. The van der Waals surface area contributed by atoms with Crippen molar-refractivity contribution in [2.45, 2.75) is 18.1 Å². The van der Waals surface area contributed by atoms with Crippen molar-refractivity contribution in [1.82, 2.24) is 4.98 Å². The second-order valence-corrected chi connectivity index (χ2v) is 3.66. The molecule has 0 unspecified atom stereocenters. The SMILES string of the molecule is COc1c(OC(F)(F)F)cnc(CBr)c1CC#N. The molecule has 8 heteroatoms. The smallest absolute Gasteiger partial charge is 0.492 e. The van der Waals surface area contributed by atoms with Gasteiger partial charge in [0.15, 0.2) is 11.5 Å². The van der Waals surface area contributed by atoms with Gasteiger partial charge in [-0.05, 0) is 0 Å². The monoisotopic (exact) mass is 324 g/mol. The van der Waals surface area contributed by atoms with Crippen LogP contribution in [0.3, 0.4) is 0 Å². The Balaban J connectivity index is 3.29. The Bertz CT molecular complexity index is 471. The van der Waals surface area contributed by atoms with Crippen LogP contribution in [0.25, 0.3) is 0 Å². The summed E-state index contributed by atoms with van der Waals surface area (Å²) in [5.41, 5.74) is 0.710. The second kappa shape index (κ2) is 5.91. The van der Waals surface area contributed by atoms with Crippen molar-refractivity contribution in [1.29, 1.82) is 5.26 Å². The minimum Gasteiger partial charge on any atom is -0.492 e. The molecule has 0 bridgehead atoms. The third-order valence-electron chi connectivity index (χ3n) is 2.00. The number of alkyl halides is 4. The van der Waals surface area contributed by atoms with Crippen LogP contribution < -0.4 is 9.47 Å². The maximum Gasteiger partial charge on any atom is 0.573 e. The molecule has 0 fully saturated rings. The molecule has 0 atom stereocenters. The summed E-state index contributed by atoms with van der Waals surface area (Å²) in [5, 5.41) is 8.97. The summed E-state index contributed by atoms with van der Waals surface area (Å²) in [4.78, 5) is 3.81. The minimum atomic E-state index is -4.84. The van der Waals surface area contributed by atoms with E-state index >= 15 is 0 Å². The molecule has 0 saturated carbocycles. The van der Waals surface area contributed by atoms with Gasteiger partial charge in [0.25, 0.3) is 0 Å². The first-order valence-corrected chi connectivity index (χ1v) is 5.78. The summed E-state index contributed by atoms with van der Waals surface area (Å²) in [6, 6.07) is 1.85. The fourth-order valence-corrected chi connectivity index (χ4v) is 1.83. The zero-order valence-electron chi connectivity index (χ0n) is 9.21. The number of methoxy groups -OCH3 is 1. The highest BCUT2D eigenvalue weighted by molar-refractivity contribution is 9.08. The summed E-state index contributed by atoms with van der Waals surface area (Å²) in [7, 11) is 1.21. The lowest BCUT2D eigenvalue weighted by atomic mass is 10.1. The molecule has 0 radical (unpaired) electrons. The molecule has 0 aliphatic heterocycles. The number of hydrogen-bond acceptors (Lipinski definition) is 4. The summed E-state index contributed by atoms with van der Waals surface area (Å²) in [6.45, 7) is 0. The fraction of sp³-hybridized carbons (Fsp3) is 0.400. The third-order valence-corrected chi connectivity index (χ3v) is 2.53. The first-order valence-electron chi connectivity index (χ1n) is 4.66. The predicted octanol–water partition coefficient (Wildman–Crippen LogP) is 2.95. The number of ether oxygens (including phenoxy) is 2. The minimum absolute atomic E-state index is 0.119. The molecule has 4 nitrogen and oxygen atoms in total. The molecule has 0 aliphatic rings. The normalized spacial score (nSPS) is 10.9. The summed E-state index contributed by atoms with van der Waals surface area (Å²) in [5.74, 6) is -0.682. The van der Waals surface area contributed by atoms with Gasteiger partial charge in [-0.15, -0.1) is 13.2 Å². The zero-order valence-corrected chi connectivity index (χ0v) is 10.8. The van der Waals surface area contributed by atoms with Gasteiger partial charge in [-0.1, -0.05) is 15.9 Å². The summed E-state index contributed by atoms with van der Waals surface area (Å²) < 4.78 is 45.2. The van der Waals surface area contributed by atoms with Crippen molar-refractivity contribution in [3.8, 4) is 17.6 Å². The van der Waals surface area contributed by atoms with E-state index in [-0.39, 0.29) is 17.7 Å². The van der Waals surface area contributed by atoms with Crippen LogP contribution in [-0.4, -0.2) is 18.5 Å². The van der Waals surface area contributed by atoms with Crippen LogP contribution in [0.2, 0.25) is 0 Å². The highest BCUT2D eigenvalue weighted by atomic mass is 79.9. The van der Waals surface area contributed by atoms with Crippen LogP contribution in [-0.2, 0) is 11.8 Å². The van der Waals surface area contributed by atoms with E-state index in [1.54, 1.807) is 0 Å². The van der Waals surface area contributed by atoms with E-state index in [1.165, 1.54) is 7.11 Å². The lowest BCUT2D eigenvalue weighted by molar-refractivity contribution is -0.275. The molecule has 18 heavy (non-hydrogen) atoms. The highest BCUT2D eigenvalue weighted by Crippen LogP contribution is 2.36. The topological polar surface area (TPSA) is 55.1 Å².